The molecular weight excluding hydrogens is 532 g/mol. The van der Waals surface area contributed by atoms with E-state index in [1.807, 2.05) is 60.2 Å². The Balaban J connectivity index is 1.27. The Morgan fingerprint density at radius 3 is 2.57 bits per heavy atom. The molecule has 0 saturated carbocycles. The van der Waals surface area contributed by atoms with Crippen molar-refractivity contribution in [1.82, 2.24) is 24.3 Å². The molecule has 3 aromatic rings. The number of nitrogens with one attached hydrogen (secondary N) is 1. The van der Waals surface area contributed by atoms with Crippen LogP contribution in [-0.2, 0) is 6.54 Å². The van der Waals surface area contributed by atoms with Crippen molar-refractivity contribution in [2.45, 2.75) is 59.2 Å². The molecule has 2 atom stereocenters. The van der Waals surface area contributed by atoms with E-state index in [4.69, 9.17) is 4.74 Å². The molecule has 3 heterocycles. The number of hydrogen-bond donors (Lipinski definition) is 2. The van der Waals surface area contributed by atoms with Gasteiger partial charge in [0, 0.05) is 62.8 Å². The van der Waals surface area contributed by atoms with E-state index >= 15 is 0 Å². The summed E-state index contributed by atoms with van der Waals surface area (Å²) in [6, 6.07) is 15.6. The maximum absolute atomic E-state index is 13.3. The molecule has 1 aromatic heterocycles. The molecule has 2 saturated heterocycles. The molecule has 10 nitrogen and oxygen atoms in total. The first-order valence-electron chi connectivity index (χ1n) is 14.7. The number of imidazole rings is 1. The van der Waals surface area contributed by atoms with Gasteiger partial charge in [-0.1, -0.05) is 39.0 Å². The van der Waals surface area contributed by atoms with E-state index in [1.165, 1.54) is 0 Å². The first kappa shape index (κ1) is 29.4. The summed E-state index contributed by atoms with van der Waals surface area (Å²) in [5.74, 6) is 0.812. The lowest BCUT2D eigenvalue weighted by Gasteiger charge is -2.32. The Labute approximate surface area is 247 Å². The average Bonchev–Trinajstić information content (AvgIpc) is 3.69. The number of carboxylic acid groups (broad SMARTS) is 1. The fourth-order valence-corrected chi connectivity index (χ4v) is 5.78. The van der Waals surface area contributed by atoms with Crippen molar-refractivity contribution in [3.8, 4) is 11.4 Å². The molecule has 2 aliphatic rings. The Morgan fingerprint density at radius 2 is 1.88 bits per heavy atom. The average molecular weight is 575 g/mol. The molecule has 2 aliphatic heterocycles. The van der Waals surface area contributed by atoms with E-state index < -0.39 is 6.09 Å². The number of anilines is 1. The normalized spacial score (nSPS) is 19.2. The van der Waals surface area contributed by atoms with Crippen LogP contribution in [0.1, 0.15) is 44.9 Å². The van der Waals surface area contributed by atoms with E-state index in [0.29, 0.717) is 38.4 Å². The topological polar surface area (TPSA) is 103 Å². The van der Waals surface area contributed by atoms with Crippen molar-refractivity contribution < 1.29 is 19.4 Å². The Hall–Kier alpha value is -4.05. The second kappa shape index (κ2) is 12.4. The molecule has 2 fully saturated rings. The zero-order valence-corrected chi connectivity index (χ0v) is 25.0. The van der Waals surface area contributed by atoms with Crippen molar-refractivity contribution in [1.29, 1.82) is 0 Å². The summed E-state index contributed by atoms with van der Waals surface area (Å²) in [5.41, 5.74) is 3.45. The number of ether oxygens (including phenoxy) is 1. The van der Waals surface area contributed by atoms with Crippen LogP contribution in [0.4, 0.5) is 15.3 Å². The third-order valence-corrected chi connectivity index (χ3v) is 7.70. The molecule has 0 aliphatic carbocycles. The highest BCUT2D eigenvalue weighted by Crippen LogP contribution is 2.26. The third kappa shape index (κ3) is 7.61. The molecule has 10 heteroatoms. The second-order valence-corrected chi connectivity index (χ2v) is 12.7. The number of urea groups is 1. The second-order valence-electron chi connectivity index (χ2n) is 12.7. The monoisotopic (exact) mass is 574 g/mol. The van der Waals surface area contributed by atoms with Gasteiger partial charge in [0.05, 0.1) is 18.6 Å². The molecule has 2 N–H and O–H groups in total. The summed E-state index contributed by atoms with van der Waals surface area (Å²) in [6.45, 7) is 11.9. The van der Waals surface area contributed by atoms with Gasteiger partial charge in [-0.2, -0.15) is 0 Å². The summed E-state index contributed by atoms with van der Waals surface area (Å²) in [6.07, 6.45) is 4.40. The van der Waals surface area contributed by atoms with Gasteiger partial charge in [0.2, 0.25) is 0 Å². The van der Waals surface area contributed by atoms with Gasteiger partial charge in [0.1, 0.15) is 11.9 Å². The van der Waals surface area contributed by atoms with Crippen LogP contribution in [0.2, 0.25) is 0 Å². The lowest BCUT2D eigenvalue weighted by Crippen LogP contribution is -2.45. The van der Waals surface area contributed by atoms with Crippen LogP contribution in [0.5, 0.6) is 5.75 Å². The van der Waals surface area contributed by atoms with Gasteiger partial charge in [-0.3, -0.25) is 4.90 Å². The van der Waals surface area contributed by atoms with Gasteiger partial charge < -0.3 is 29.5 Å². The Bertz CT molecular complexity index is 1390. The van der Waals surface area contributed by atoms with E-state index in [0.717, 1.165) is 42.1 Å². The number of aromatic nitrogens is 2. The first-order chi connectivity index (χ1) is 20.0. The van der Waals surface area contributed by atoms with Crippen LogP contribution in [0.15, 0.2) is 61.1 Å². The van der Waals surface area contributed by atoms with E-state index in [9.17, 15) is 14.7 Å². The minimum absolute atomic E-state index is 0.0402. The van der Waals surface area contributed by atoms with E-state index in [1.54, 1.807) is 16.1 Å². The SMILES string of the molecule is Cc1cn(-c2cc(CN3CC[C@H](N(CC(C)(C)C)C(=O)O)C3)cc(NC(=O)N3CCC(Oc4ccccc4)C3)c2)cn1. The molecule has 2 aromatic carbocycles. The molecule has 5 rings (SSSR count). The highest BCUT2D eigenvalue weighted by Gasteiger charge is 2.33. The molecule has 1 unspecified atom stereocenters. The highest BCUT2D eigenvalue weighted by molar-refractivity contribution is 5.90. The van der Waals surface area contributed by atoms with Crippen molar-refractivity contribution in [2.75, 3.05) is 38.0 Å². The van der Waals surface area contributed by atoms with Crippen molar-refractivity contribution in [3.05, 3.63) is 72.3 Å². The minimum atomic E-state index is -0.863. The predicted molar refractivity (Wildman–Crippen MR) is 162 cm³/mol. The molecule has 3 amide bonds. The predicted octanol–water partition coefficient (Wildman–Crippen LogP) is 5.47. The maximum atomic E-state index is 13.3. The number of para-hydroxylation sites is 1. The zero-order valence-electron chi connectivity index (χ0n) is 25.0. The number of rotatable bonds is 8. The van der Waals surface area contributed by atoms with Crippen molar-refractivity contribution >= 4 is 17.8 Å². The minimum Gasteiger partial charge on any atom is -0.489 e. The maximum Gasteiger partial charge on any atom is 0.407 e. The van der Waals surface area contributed by atoms with Gasteiger partial charge in [0.15, 0.2) is 0 Å². The summed E-state index contributed by atoms with van der Waals surface area (Å²) in [4.78, 5) is 35.4. The smallest absolute Gasteiger partial charge is 0.407 e. The first-order valence-corrected chi connectivity index (χ1v) is 14.7. The number of hydrogen-bond acceptors (Lipinski definition) is 5. The lowest BCUT2D eigenvalue weighted by molar-refractivity contribution is 0.103. The van der Waals surface area contributed by atoms with Crippen LogP contribution in [0.3, 0.4) is 0 Å². The fraction of sp³-hybridized carbons (Fsp3) is 0.469. The quantitative estimate of drug-likeness (QED) is 0.370. The van der Waals surface area contributed by atoms with Gasteiger partial charge in [0.25, 0.3) is 0 Å². The lowest BCUT2D eigenvalue weighted by atomic mass is 9.95. The number of carbonyl (C=O) groups excluding carboxylic acids is 1. The number of likely N-dealkylation sites (tertiary alicyclic amines) is 2. The van der Waals surface area contributed by atoms with Gasteiger partial charge in [-0.25, -0.2) is 14.6 Å². The summed E-state index contributed by atoms with van der Waals surface area (Å²) in [7, 11) is 0. The number of benzene rings is 2. The fourth-order valence-electron chi connectivity index (χ4n) is 5.78. The van der Waals surface area contributed by atoms with Gasteiger partial charge in [-0.15, -0.1) is 0 Å². The van der Waals surface area contributed by atoms with Crippen molar-refractivity contribution in [2.24, 2.45) is 5.41 Å². The highest BCUT2D eigenvalue weighted by atomic mass is 16.5. The number of aryl methyl sites for hydroxylation is 1. The Morgan fingerprint density at radius 1 is 1.10 bits per heavy atom. The third-order valence-electron chi connectivity index (χ3n) is 7.70. The Kier molecular flexibility index (Phi) is 8.72. The standard InChI is InChI=1S/C32H42N6O4/c1-23-17-37(22-33-23)27-15-24(18-35-12-10-26(19-35)38(31(40)41)21-32(2,3)4)14-25(16-27)34-30(39)36-13-11-29(20-36)42-28-8-6-5-7-9-28/h5-9,14-17,22,26,29H,10-13,18-21H2,1-4H3,(H,34,39)(H,40,41)/t26-,29?/m0/s1. The van der Waals surface area contributed by atoms with Crippen LogP contribution in [0.25, 0.3) is 5.69 Å². The zero-order chi connectivity index (χ0) is 29.9. The van der Waals surface area contributed by atoms with Crippen molar-refractivity contribution in [3.63, 3.8) is 0 Å². The molecule has 42 heavy (non-hydrogen) atoms. The largest absolute Gasteiger partial charge is 0.489 e. The molecule has 224 valence electrons. The molecule has 0 radical (unpaired) electrons. The summed E-state index contributed by atoms with van der Waals surface area (Å²) >= 11 is 0. The van der Waals surface area contributed by atoms with E-state index in [2.05, 4.69) is 42.0 Å². The molecule has 0 bridgehead atoms. The number of nitrogens with zero attached hydrogens (tertiary/aromatic N) is 5. The number of amides is 3. The van der Waals surface area contributed by atoms with E-state index in [-0.39, 0.29) is 23.6 Å². The molecular formula is C32H42N6O4. The van der Waals surface area contributed by atoms with Crippen LogP contribution in [0, 0.1) is 12.3 Å². The molecule has 0 spiro atoms. The van der Waals surface area contributed by atoms with Gasteiger partial charge in [-0.05, 0) is 54.7 Å². The van der Waals surface area contributed by atoms with Crippen LogP contribution < -0.4 is 10.1 Å². The van der Waals surface area contributed by atoms with Crippen LogP contribution in [-0.4, -0.2) is 86.4 Å². The summed E-state index contributed by atoms with van der Waals surface area (Å²) in [5, 5.41) is 13.0. The number of carbonyl (C=O) groups is 2. The van der Waals surface area contributed by atoms with Crippen LogP contribution >= 0.6 is 0 Å². The van der Waals surface area contributed by atoms with Gasteiger partial charge >= 0.3 is 12.1 Å². The summed E-state index contributed by atoms with van der Waals surface area (Å²) < 4.78 is 8.02.